The van der Waals surface area contributed by atoms with E-state index in [4.69, 9.17) is 19.9 Å². The molecule has 16 nitrogen and oxygen atoms in total. The molecule has 2 aromatic carbocycles. The van der Waals surface area contributed by atoms with Crippen LogP contribution in [0.15, 0.2) is 41.3 Å². The average Bonchev–Trinajstić information content (AvgIpc) is 3.73. The van der Waals surface area contributed by atoms with Gasteiger partial charge in [-0.05, 0) is 94.0 Å². The van der Waals surface area contributed by atoms with Crippen LogP contribution < -0.4 is 31.5 Å². The lowest BCUT2D eigenvalue weighted by Gasteiger charge is -2.35. The van der Waals surface area contributed by atoms with Crippen LogP contribution in [0, 0.1) is 29.6 Å². The number of carbonyl (C=O) groups is 5. The number of likely N-dealkylation sites (tertiary alicyclic amines) is 1. The molecule has 0 bridgehead atoms. The number of aromatic nitrogens is 3. The lowest BCUT2D eigenvalue weighted by Crippen LogP contribution is -2.44. The minimum atomic E-state index is -1.60. The van der Waals surface area contributed by atoms with Crippen molar-refractivity contribution < 1.29 is 42.6 Å². The molecule has 4 N–H and O–H groups in total. The first-order valence-corrected chi connectivity index (χ1v) is 22.7. The standard InChI is InChI=1S/C48H56FN7O9/c1-4-32-36(52-45(60)42(32)49)26-65-46-34-24-40(63-3)35(43(50)58)23-33(34)30(25-51-46)13-9-27-7-11-29(12-8-27)47(61)55-19-17-31(18-20-55)64-21-5-6-28-10-14-37-39(22-28)54(2)48(62)56(37)38-15-16-41(57)53-44(38)59/h10,14,22-25,27,29,31-32,36,38,42H,4-8,11-12,15-21,26H2,1-3H3,(H2,50,58)(H,52,60)(H,53,57,59). The second-order valence-corrected chi connectivity index (χ2v) is 17.7. The molecule has 4 atom stereocenters. The molecule has 65 heavy (non-hydrogen) atoms. The van der Waals surface area contributed by atoms with Gasteiger partial charge >= 0.3 is 5.69 Å². The van der Waals surface area contributed by atoms with Gasteiger partial charge < -0.3 is 30.2 Å². The molecule has 17 heteroatoms. The van der Waals surface area contributed by atoms with Gasteiger partial charge in [-0.15, -0.1) is 0 Å². The molecule has 0 radical (unpaired) electrons. The smallest absolute Gasteiger partial charge is 0.329 e. The molecule has 3 saturated heterocycles. The normalized spacial score (nSPS) is 23.8. The summed E-state index contributed by atoms with van der Waals surface area (Å²) in [7, 11) is 3.12. The minimum Gasteiger partial charge on any atom is -0.496 e. The number of piperidine rings is 2. The molecule has 0 spiro atoms. The number of imide groups is 1. The van der Waals surface area contributed by atoms with E-state index in [1.807, 2.05) is 30.0 Å². The van der Waals surface area contributed by atoms with Gasteiger partial charge in [-0.25, -0.2) is 14.2 Å². The van der Waals surface area contributed by atoms with Gasteiger partial charge in [0.25, 0.3) is 11.8 Å². The highest BCUT2D eigenvalue weighted by atomic mass is 19.1. The first kappa shape index (κ1) is 45.3. The molecule has 4 fully saturated rings. The Bertz CT molecular complexity index is 2630. The molecule has 4 aliphatic rings. The predicted octanol–water partition coefficient (Wildman–Crippen LogP) is 4.01. The number of aryl methyl sites for hydroxylation is 2. The molecule has 3 aliphatic heterocycles. The fourth-order valence-corrected chi connectivity index (χ4v) is 9.90. The van der Waals surface area contributed by atoms with E-state index in [2.05, 4.69) is 27.5 Å². The van der Waals surface area contributed by atoms with Crippen LogP contribution in [0.3, 0.4) is 0 Å². The number of benzene rings is 2. The van der Waals surface area contributed by atoms with E-state index in [-0.39, 0.29) is 65.7 Å². The highest BCUT2D eigenvalue weighted by molar-refractivity contribution is 6.03. The summed E-state index contributed by atoms with van der Waals surface area (Å²) in [4.78, 5) is 81.9. The van der Waals surface area contributed by atoms with Crippen molar-refractivity contribution in [3.05, 3.63) is 63.7 Å². The number of ether oxygens (including phenoxy) is 3. The van der Waals surface area contributed by atoms with Crippen LogP contribution >= 0.6 is 0 Å². The van der Waals surface area contributed by atoms with Crippen molar-refractivity contribution >= 4 is 51.3 Å². The molecule has 4 unspecified atom stereocenters. The average molecular weight is 894 g/mol. The number of amides is 5. The third kappa shape index (κ3) is 9.45. The van der Waals surface area contributed by atoms with Gasteiger partial charge in [0.15, 0.2) is 6.17 Å². The van der Waals surface area contributed by atoms with E-state index in [1.165, 1.54) is 11.7 Å². The third-order valence-electron chi connectivity index (χ3n) is 13.7. The molecule has 344 valence electrons. The van der Waals surface area contributed by atoms with Crippen molar-refractivity contribution in [2.45, 2.75) is 102 Å². The molecule has 5 heterocycles. The lowest BCUT2D eigenvalue weighted by atomic mass is 9.81. The van der Waals surface area contributed by atoms with Crippen molar-refractivity contribution in [1.82, 2.24) is 29.7 Å². The van der Waals surface area contributed by atoms with Crippen molar-refractivity contribution in [3.63, 3.8) is 0 Å². The number of primary amides is 1. The third-order valence-corrected chi connectivity index (χ3v) is 13.7. The minimum absolute atomic E-state index is 0.00581. The molecule has 2 aromatic heterocycles. The Morgan fingerprint density at radius 3 is 2.45 bits per heavy atom. The zero-order chi connectivity index (χ0) is 45.9. The number of pyridine rings is 1. The van der Waals surface area contributed by atoms with Crippen molar-refractivity contribution in [3.8, 4) is 23.5 Å². The fourth-order valence-electron chi connectivity index (χ4n) is 9.90. The molecular weight excluding hydrogens is 838 g/mol. The summed E-state index contributed by atoms with van der Waals surface area (Å²) in [6.07, 6.45) is 7.11. The quantitative estimate of drug-likeness (QED) is 0.0999. The van der Waals surface area contributed by atoms with Crippen LogP contribution in [0.25, 0.3) is 21.8 Å². The second kappa shape index (κ2) is 19.4. The zero-order valence-corrected chi connectivity index (χ0v) is 37.0. The number of nitrogens with one attached hydrogen (secondary N) is 2. The Balaban J connectivity index is 0.812. The highest BCUT2D eigenvalue weighted by Crippen LogP contribution is 2.35. The van der Waals surface area contributed by atoms with Crippen LogP contribution in [0.4, 0.5) is 4.39 Å². The number of imidazole rings is 1. The maximum Gasteiger partial charge on any atom is 0.329 e. The molecule has 4 aromatic rings. The summed E-state index contributed by atoms with van der Waals surface area (Å²) in [5, 5.41) is 6.13. The predicted molar refractivity (Wildman–Crippen MR) is 238 cm³/mol. The van der Waals surface area contributed by atoms with Crippen molar-refractivity contribution in [1.29, 1.82) is 0 Å². The molecule has 8 rings (SSSR count). The van der Waals surface area contributed by atoms with Gasteiger partial charge in [0, 0.05) is 67.9 Å². The summed E-state index contributed by atoms with van der Waals surface area (Å²) in [6.45, 7) is 3.71. The van der Waals surface area contributed by atoms with E-state index >= 15 is 0 Å². The number of hydrogen-bond donors (Lipinski definition) is 3. The monoisotopic (exact) mass is 893 g/mol. The van der Waals surface area contributed by atoms with Crippen LogP contribution in [0.2, 0.25) is 0 Å². The van der Waals surface area contributed by atoms with Gasteiger partial charge in [-0.1, -0.05) is 24.8 Å². The van der Waals surface area contributed by atoms with E-state index in [0.717, 1.165) is 62.4 Å². The second-order valence-electron chi connectivity index (χ2n) is 17.7. The lowest BCUT2D eigenvalue weighted by molar-refractivity contribution is -0.139. The van der Waals surface area contributed by atoms with Gasteiger partial charge in [0.2, 0.25) is 23.6 Å². The Morgan fingerprint density at radius 1 is 0.969 bits per heavy atom. The molecule has 1 saturated carbocycles. The Labute approximate surface area is 375 Å². The number of nitrogens with two attached hydrogens (primary N) is 1. The number of rotatable bonds is 13. The number of fused-ring (bicyclic) bond motifs is 2. The maximum atomic E-state index is 14.4. The first-order chi connectivity index (χ1) is 31.3. The topological polar surface area (TPSA) is 206 Å². The highest BCUT2D eigenvalue weighted by Gasteiger charge is 2.42. The summed E-state index contributed by atoms with van der Waals surface area (Å²) < 4.78 is 35.3. The van der Waals surface area contributed by atoms with Crippen LogP contribution in [0.1, 0.15) is 98.7 Å². The van der Waals surface area contributed by atoms with E-state index in [9.17, 15) is 33.2 Å². The largest absolute Gasteiger partial charge is 0.496 e. The van der Waals surface area contributed by atoms with Gasteiger partial charge in [-0.3, -0.25) is 38.4 Å². The zero-order valence-electron chi connectivity index (χ0n) is 37.0. The molecule has 1 aliphatic carbocycles. The summed E-state index contributed by atoms with van der Waals surface area (Å²) in [5.74, 6) is 4.70. The summed E-state index contributed by atoms with van der Waals surface area (Å²) in [5.41, 5.74) is 8.61. The van der Waals surface area contributed by atoms with Crippen LogP contribution in [0.5, 0.6) is 11.6 Å². The van der Waals surface area contributed by atoms with Crippen LogP contribution in [-0.2, 0) is 37.4 Å². The summed E-state index contributed by atoms with van der Waals surface area (Å²) >= 11 is 0. The number of carbonyl (C=O) groups excluding carboxylic acids is 5. The van der Waals surface area contributed by atoms with E-state index in [1.54, 1.807) is 29.9 Å². The maximum absolute atomic E-state index is 14.4. The number of methoxy groups -OCH3 is 1. The Hall–Kier alpha value is -6.28. The van der Waals surface area contributed by atoms with Crippen molar-refractivity contribution in [2.75, 3.05) is 33.4 Å². The van der Waals surface area contributed by atoms with E-state index < -0.39 is 41.9 Å². The number of hydrogen-bond acceptors (Lipinski definition) is 10. The number of alkyl halides is 1. The van der Waals surface area contributed by atoms with Gasteiger partial charge in [0.05, 0.1) is 41.4 Å². The Kier molecular flexibility index (Phi) is 13.6. The number of halogens is 1. The van der Waals surface area contributed by atoms with Crippen LogP contribution in [-0.4, -0.2) is 100 Å². The van der Waals surface area contributed by atoms with Gasteiger partial charge in [-0.2, -0.15) is 0 Å². The Morgan fingerprint density at radius 2 is 1.74 bits per heavy atom. The molecule has 5 amide bonds. The number of nitrogens with zero attached hydrogens (tertiary/aromatic N) is 4. The van der Waals surface area contributed by atoms with Gasteiger partial charge in [0.1, 0.15) is 18.4 Å². The fraction of sp³-hybridized carbons (Fsp3) is 0.521. The molecular formula is C48H56FN7O9. The van der Waals surface area contributed by atoms with Crippen molar-refractivity contribution in [2.24, 2.45) is 30.5 Å². The summed E-state index contributed by atoms with van der Waals surface area (Å²) in [6, 6.07) is 7.82. The van der Waals surface area contributed by atoms with E-state index in [0.29, 0.717) is 54.4 Å². The first-order valence-electron chi connectivity index (χ1n) is 22.7. The SMILES string of the molecule is CCC1C(COc2ncc(C#CC3CCC(C(=O)N4CCC(OCCCc5ccc6c(c5)n(C)c(=O)n6C5CCC(=O)NC5=O)CC4)CC3)c3cc(C(N)=O)c(OC)cc23)NC(=O)C1F.